The van der Waals surface area contributed by atoms with Gasteiger partial charge in [0, 0.05) is 25.2 Å². The van der Waals surface area contributed by atoms with E-state index in [1.54, 1.807) is 0 Å². The summed E-state index contributed by atoms with van der Waals surface area (Å²) in [6, 6.07) is 0.688. The maximum Gasteiger partial charge on any atom is 0.237 e. The molecule has 1 atom stereocenters. The summed E-state index contributed by atoms with van der Waals surface area (Å²) in [6.07, 6.45) is 0.965. The highest BCUT2D eigenvalue weighted by Gasteiger charge is 2.17. The van der Waals surface area contributed by atoms with E-state index >= 15 is 0 Å². The third-order valence-corrected chi connectivity index (χ3v) is 3.24. The number of nitrogens with one attached hydrogen (secondary N) is 1. The summed E-state index contributed by atoms with van der Waals surface area (Å²) in [5.74, 6) is 0.151. The Labute approximate surface area is 112 Å². The molecule has 0 aromatic rings. The van der Waals surface area contributed by atoms with Crippen molar-refractivity contribution in [1.29, 1.82) is 0 Å². The smallest absolute Gasteiger partial charge is 0.237 e. The van der Waals surface area contributed by atoms with Crippen LogP contribution in [0.1, 0.15) is 48.0 Å². The van der Waals surface area contributed by atoms with E-state index in [9.17, 15) is 4.79 Å². The van der Waals surface area contributed by atoms with Crippen LogP contribution in [0.15, 0.2) is 0 Å². The Kier molecular flexibility index (Phi) is 8.20. The third-order valence-electron chi connectivity index (χ3n) is 3.24. The molecule has 0 bridgehead atoms. The Morgan fingerprint density at radius 2 is 1.61 bits per heavy atom. The molecular weight excluding hydrogens is 226 g/mol. The van der Waals surface area contributed by atoms with Crippen LogP contribution in [0.2, 0.25) is 0 Å². The second-order valence-electron chi connectivity index (χ2n) is 5.84. The van der Waals surface area contributed by atoms with Gasteiger partial charge in [-0.15, -0.1) is 0 Å². The third kappa shape index (κ3) is 6.36. The van der Waals surface area contributed by atoms with E-state index in [4.69, 9.17) is 5.73 Å². The number of nitrogens with two attached hydrogens (primary N) is 1. The van der Waals surface area contributed by atoms with Crippen molar-refractivity contribution in [3.8, 4) is 0 Å². The van der Waals surface area contributed by atoms with Gasteiger partial charge in [0.25, 0.3) is 0 Å². The molecule has 1 amide bonds. The molecular formula is C14H31N3O. The van der Waals surface area contributed by atoms with E-state index in [-0.39, 0.29) is 11.8 Å². The largest absolute Gasteiger partial charge is 0.355 e. The summed E-state index contributed by atoms with van der Waals surface area (Å²) in [7, 11) is 0. The van der Waals surface area contributed by atoms with E-state index in [1.807, 2.05) is 13.8 Å². The van der Waals surface area contributed by atoms with Gasteiger partial charge in [0.1, 0.15) is 0 Å². The lowest BCUT2D eigenvalue weighted by molar-refractivity contribution is -0.123. The van der Waals surface area contributed by atoms with Crippen molar-refractivity contribution >= 4 is 5.91 Å². The second kappa shape index (κ2) is 8.48. The molecule has 0 aromatic carbocycles. The monoisotopic (exact) mass is 257 g/mol. The van der Waals surface area contributed by atoms with Crippen molar-refractivity contribution in [3.63, 3.8) is 0 Å². The summed E-state index contributed by atoms with van der Waals surface area (Å²) < 4.78 is 0. The highest BCUT2D eigenvalue weighted by Crippen LogP contribution is 2.05. The van der Waals surface area contributed by atoms with Crippen LogP contribution in [0, 0.1) is 5.92 Å². The van der Waals surface area contributed by atoms with Crippen molar-refractivity contribution in [1.82, 2.24) is 10.2 Å². The van der Waals surface area contributed by atoms with E-state index in [0.29, 0.717) is 18.6 Å². The van der Waals surface area contributed by atoms with Crippen molar-refractivity contribution in [2.24, 2.45) is 11.7 Å². The van der Waals surface area contributed by atoms with Gasteiger partial charge < -0.3 is 11.1 Å². The molecule has 0 heterocycles. The number of hydrogen-bond donors (Lipinski definition) is 2. The standard InChI is InChI=1S/C14H31N3O/c1-10(2)13(15)14(18)16-8-7-9-17(11(3)4)12(5)6/h10-13H,7-9,15H2,1-6H3,(H,16,18)/t13-/m0/s1. The lowest BCUT2D eigenvalue weighted by Gasteiger charge is -2.30. The Bertz CT molecular complexity index is 231. The minimum absolute atomic E-state index is 0.0364. The van der Waals surface area contributed by atoms with Crippen LogP contribution in [-0.2, 0) is 4.79 Å². The number of carbonyl (C=O) groups is 1. The Morgan fingerprint density at radius 1 is 1.11 bits per heavy atom. The van der Waals surface area contributed by atoms with Gasteiger partial charge in [-0.05, 0) is 40.0 Å². The van der Waals surface area contributed by atoms with E-state index in [1.165, 1.54) is 0 Å². The predicted octanol–water partition coefficient (Wildman–Crippen LogP) is 1.59. The fourth-order valence-electron chi connectivity index (χ4n) is 2.01. The Morgan fingerprint density at radius 3 is 2.00 bits per heavy atom. The predicted molar refractivity (Wildman–Crippen MR) is 77.4 cm³/mol. The zero-order valence-electron chi connectivity index (χ0n) is 12.9. The van der Waals surface area contributed by atoms with Gasteiger partial charge in [0.2, 0.25) is 5.91 Å². The van der Waals surface area contributed by atoms with Crippen LogP contribution in [0.3, 0.4) is 0 Å². The number of nitrogens with zero attached hydrogens (tertiary/aromatic N) is 1. The van der Waals surface area contributed by atoms with Crippen LogP contribution in [0.25, 0.3) is 0 Å². The van der Waals surface area contributed by atoms with Gasteiger partial charge in [0.05, 0.1) is 6.04 Å². The first kappa shape index (κ1) is 17.4. The molecule has 0 unspecified atom stereocenters. The molecule has 0 rings (SSSR count). The number of hydrogen-bond acceptors (Lipinski definition) is 3. The first-order valence-electron chi connectivity index (χ1n) is 7.06. The molecule has 0 spiro atoms. The lowest BCUT2D eigenvalue weighted by atomic mass is 10.1. The Balaban J connectivity index is 3.88. The van der Waals surface area contributed by atoms with Crippen molar-refractivity contribution in [2.45, 2.75) is 66.1 Å². The summed E-state index contributed by atoms with van der Waals surface area (Å²) >= 11 is 0. The number of amides is 1. The van der Waals surface area contributed by atoms with E-state index in [0.717, 1.165) is 13.0 Å². The summed E-state index contributed by atoms with van der Waals surface area (Å²) in [5, 5.41) is 2.91. The SMILES string of the molecule is CC(C)[C@H](N)C(=O)NCCCN(C(C)C)C(C)C. The second-order valence-corrected chi connectivity index (χ2v) is 5.84. The molecule has 0 aliphatic rings. The average molecular weight is 257 g/mol. The molecule has 18 heavy (non-hydrogen) atoms. The van der Waals surface area contributed by atoms with Crippen LogP contribution >= 0.6 is 0 Å². The Hall–Kier alpha value is -0.610. The van der Waals surface area contributed by atoms with Gasteiger partial charge in [-0.25, -0.2) is 0 Å². The lowest BCUT2D eigenvalue weighted by Crippen LogP contribution is -2.45. The molecule has 0 aliphatic heterocycles. The molecule has 4 heteroatoms. The fraction of sp³-hybridized carbons (Fsp3) is 0.929. The van der Waals surface area contributed by atoms with Gasteiger partial charge in [-0.1, -0.05) is 13.8 Å². The van der Waals surface area contributed by atoms with Crippen molar-refractivity contribution < 1.29 is 4.79 Å². The topological polar surface area (TPSA) is 58.4 Å². The van der Waals surface area contributed by atoms with Crippen LogP contribution in [0.4, 0.5) is 0 Å². The number of rotatable bonds is 8. The van der Waals surface area contributed by atoms with E-state index < -0.39 is 6.04 Å². The quantitative estimate of drug-likeness (QED) is 0.649. The summed E-state index contributed by atoms with van der Waals surface area (Å²) in [5.41, 5.74) is 5.78. The zero-order valence-corrected chi connectivity index (χ0v) is 12.9. The first-order valence-corrected chi connectivity index (χ1v) is 7.06. The zero-order chi connectivity index (χ0) is 14.3. The molecule has 0 saturated heterocycles. The molecule has 0 radical (unpaired) electrons. The van der Waals surface area contributed by atoms with Crippen LogP contribution < -0.4 is 11.1 Å². The van der Waals surface area contributed by atoms with Gasteiger partial charge in [-0.2, -0.15) is 0 Å². The highest BCUT2D eigenvalue weighted by molar-refractivity contribution is 5.81. The van der Waals surface area contributed by atoms with Crippen LogP contribution in [-0.4, -0.2) is 42.0 Å². The highest BCUT2D eigenvalue weighted by atomic mass is 16.2. The number of carbonyl (C=O) groups excluding carboxylic acids is 1. The van der Waals surface area contributed by atoms with Gasteiger partial charge >= 0.3 is 0 Å². The maximum absolute atomic E-state index is 11.6. The average Bonchev–Trinajstić information content (AvgIpc) is 2.26. The van der Waals surface area contributed by atoms with Crippen LogP contribution in [0.5, 0.6) is 0 Å². The summed E-state index contributed by atoms with van der Waals surface area (Å²) in [4.78, 5) is 14.1. The molecule has 0 aromatic heterocycles. The van der Waals surface area contributed by atoms with Gasteiger partial charge in [-0.3, -0.25) is 9.69 Å². The maximum atomic E-state index is 11.6. The molecule has 4 nitrogen and oxygen atoms in total. The van der Waals surface area contributed by atoms with Crippen molar-refractivity contribution in [3.05, 3.63) is 0 Å². The minimum atomic E-state index is -0.392. The first-order chi connectivity index (χ1) is 8.27. The summed E-state index contributed by atoms with van der Waals surface area (Å²) in [6.45, 7) is 14.4. The molecule has 3 N–H and O–H groups in total. The fourth-order valence-corrected chi connectivity index (χ4v) is 2.01. The van der Waals surface area contributed by atoms with Crippen molar-refractivity contribution in [2.75, 3.05) is 13.1 Å². The molecule has 108 valence electrons. The normalized spacial score (nSPS) is 13.7. The minimum Gasteiger partial charge on any atom is -0.355 e. The van der Waals surface area contributed by atoms with Gasteiger partial charge in [0.15, 0.2) is 0 Å². The molecule has 0 aliphatic carbocycles. The van der Waals surface area contributed by atoms with E-state index in [2.05, 4.69) is 37.9 Å². The molecule has 0 fully saturated rings. The molecule has 0 saturated carbocycles.